The van der Waals surface area contributed by atoms with Gasteiger partial charge < -0.3 is 20.5 Å². The second-order valence-corrected chi connectivity index (χ2v) is 5.06. The standard InChI is InChI=1S/C15H18N4O2/c16-15(17)12-7-18-13-4-2-1-3-11(13)14(12)19-5-6-21-9-10(19)8-20/h1-4,7,10,20H,5-6,8-9H2,(H3,16,17). The number of amidine groups is 1. The largest absolute Gasteiger partial charge is 0.394 e. The highest BCUT2D eigenvalue weighted by molar-refractivity contribution is 6.07. The zero-order valence-corrected chi connectivity index (χ0v) is 11.6. The van der Waals surface area contributed by atoms with Gasteiger partial charge in [0.2, 0.25) is 0 Å². The molecule has 0 radical (unpaired) electrons. The molecule has 21 heavy (non-hydrogen) atoms. The SMILES string of the molecule is N=C(N)c1cnc2ccccc2c1N1CCOCC1CO. The number of pyridine rings is 1. The number of rotatable bonds is 3. The molecule has 0 spiro atoms. The van der Waals surface area contributed by atoms with Gasteiger partial charge >= 0.3 is 0 Å². The lowest BCUT2D eigenvalue weighted by Crippen LogP contribution is -2.48. The molecule has 0 saturated carbocycles. The zero-order chi connectivity index (χ0) is 14.8. The second-order valence-electron chi connectivity index (χ2n) is 5.06. The molecule has 0 amide bonds. The Balaban J connectivity index is 2.22. The van der Waals surface area contributed by atoms with Crippen molar-refractivity contribution in [3.8, 4) is 0 Å². The molecule has 4 N–H and O–H groups in total. The average Bonchev–Trinajstić information content (AvgIpc) is 2.53. The van der Waals surface area contributed by atoms with Crippen LogP contribution in [0.3, 0.4) is 0 Å². The lowest BCUT2D eigenvalue weighted by molar-refractivity contribution is 0.0728. The Labute approximate surface area is 122 Å². The highest BCUT2D eigenvalue weighted by Crippen LogP contribution is 2.31. The van der Waals surface area contributed by atoms with Crippen molar-refractivity contribution in [1.82, 2.24) is 4.98 Å². The van der Waals surface area contributed by atoms with Crippen LogP contribution in [0.25, 0.3) is 10.9 Å². The van der Waals surface area contributed by atoms with E-state index in [0.29, 0.717) is 25.3 Å². The van der Waals surface area contributed by atoms with Crippen molar-refractivity contribution in [2.45, 2.75) is 6.04 Å². The van der Waals surface area contributed by atoms with Crippen LogP contribution in [-0.2, 0) is 4.74 Å². The fourth-order valence-corrected chi connectivity index (χ4v) is 2.73. The minimum atomic E-state index is -0.136. The van der Waals surface area contributed by atoms with Crippen LogP contribution in [0.5, 0.6) is 0 Å². The molecule has 1 aliphatic heterocycles. The number of nitrogens with two attached hydrogens (primary N) is 1. The fraction of sp³-hybridized carbons (Fsp3) is 0.333. The summed E-state index contributed by atoms with van der Waals surface area (Å²) in [6.07, 6.45) is 1.63. The van der Waals surface area contributed by atoms with E-state index in [1.165, 1.54) is 0 Å². The summed E-state index contributed by atoms with van der Waals surface area (Å²) in [6.45, 7) is 1.70. The van der Waals surface area contributed by atoms with Crippen molar-refractivity contribution < 1.29 is 9.84 Å². The molecule has 1 atom stereocenters. The predicted octanol–water partition coefficient (Wildman–Crippen LogP) is 0.716. The number of aromatic nitrogens is 1. The van der Waals surface area contributed by atoms with Crippen LogP contribution in [0, 0.1) is 5.41 Å². The van der Waals surface area contributed by atoms with Gasteiger partial charge in [-0.1, -0.05) is 18.2 Å². The highest BCUT2D eigenvalue weighted by Gasteiger charge is 2.27. The number of nitrogen functional groups attached to an aromatic ring is 1. The third kappa shape index (κ3) is 2.43. The van der Waals surface area contributed by atoms with Crippen molar-refractivity contribution in [3.05, 3.63) is 36.0 Å². The maximum Gasteiger partial charge on any atom is 0.126 e. The molecular formula is C15H18N4O2. The lowest BCUT2D eigenvalue weighted by Gasteiger charge is -2.37. The van der Waals surface area contributed by atoms with Crippen molar-refractivity contribution in [1.29, 1.82) is 5.41 Å². The van der Waals surface area contributed by atoms with E-state index in [1.54, 1.807) is 6.20 Å². The third-order valence-corrected chi connectivity index (χ3v) is 3.76. The van der Waals surface area contributed by atoms with E-state index in [0.717, 1.165) is 16.6 Å². The Morgan fingerprint density at radius 1 is 1.48 bits per heavy atom. The molecule has 6 nitrogen and oxygen atoms in total. The Bertz CT molecular complexity index is 674. The Morgan fingerprint density at radius 2 is 2.29 bits per heavy atom. The number of benzene rings is 1. The molecule has 2 heterocycles. The molecule has 1 unspecified atom stereocenters. The van der Waals surface area contributed by atoms with Gasteiger partial charge in [0.05, 0.1) is 42.6 Å². The van der Waals surface area contributed by atoms with E-state index >= 15 is 0 Å². The van der Waals surface area contributed by atoms with E-state index in [2.05, 4.69) is 9.88 Å². The van der Waals surface area contributed by atoms with E-state index < -0.39 is 0 Å². The number of hydrogen-bond acceptors (Lipinski definition) is 5. The van der Waals surface area contributed by atoms with Crippen LogP contribution in [0.15, 0.2) is 30.5 Å². The number of hydrogen-bond donors (Lipinski definition) is 3. The van der Waals surface area contributed by atoms with E-state index in [-0.39, 0.29) is 18.5 Å². The molecule has 3 rings (SSSR count). The topological polar surface area (TPSA) is 95.5 Å². The Hall–Kier alpha value is -2.18. The number of nitrogens with zero attached hydrogens (tertiary/aromatic N) is 2. The summed E-state index contributed by atoms with van der Waals surface area (Å²) in [6, 6.07) is 7.62. The third-order valence-electron chi connectivity index (χ3n) is 3.76. The summed E-state index contributed by atoms with van der Waals surface area (Å²) >= 11 is 0. The molecule has 1 fully saturated rings. The van der Waals surface area contributed by atoms with Crippen molar-refractivity contribution >= 4 is 22.4 Å². The van der Waals surface area contributed by atoms with Crippen molar-refractivity contribution in [3.63, 3.8) is 0 Å². The summed E-state index contributed by atoms with van der Waals surface area (Å²) in [5.74, 6) is -0.0218. The maximum absolute atomic E-state index is 9.60. The first-order valence-corrected chi connectivity index (χ1v) is 6.89. The minimum Gasteiger partial charge on any atom is -0.394 e. The van der Waals surface area contributed by atoms with E-state index in [4.69, 9.17) is 15.9 Å². The van der Waals surface area contributed by atoms with Crippen molar-refractivity contribution in [2.24, 2.45) is 5.73 Å². The smallest absolute Gasteiger partial charge is 0.126 e. The molecule has 1 aromatic heterocycles. The molecule has 0 aliphatic carbocycles. The molecular weight excluding hydrogens is 268 g/mol. The molecule has 1 aliphatic rings. The average molecular weight is 286 g/mol. The minimum absolute atomic E-state index is 0.00596. The van der Waals surface area contributed by atoms with Gasteiger partial charge in [-0.2, -0.15) is 0 Å². The van der Waals surface area contributed by atoms with Crippen molar-refractivity contribution in [2.75, 3.05) is 31.3 Å². The van der Waals surface area contributed by atoms with Gasteiger partial charge in [-0.05, 0) is 6.07 Å². The van der Waals surface area contributed by atoms with Crippen LogP contribution >= 0.6 is 0 Å². The number of aliphatic hydroxyl groups excluding tert-OH is 1. The van der Waals surface area contributed by atoms with Gasteiger partial charge in [0.15, 0.2) is 0 Å². The van der Waals surface area contributed by atoms with Gasteiger partial charge in [0.25, 0.3) is 0 Å². The van der Waals surface area contributed by atoms with Gasteiger partial charge in [-0.15, -0.1) is 0 Å². The first kappa shape index (κ1) is 13.8. The summed E-state index contributed by atoms with van der Waals surface area (Å²) in [7, 11) is 0. The number of para-hydroxylation sites is 1. The number of morpholine rings is 1. The van der Waals surface area contributed by atoms with Gasteiger partial charge in [0, 0.05) is 18.1 Å². The number of fused-ring (bicyclic) bond motifs is 1. The molecule has 110 valence electrons. The molecule has 2 aromatic rings. The van der Waals surface area contributed by atoms with Gasteiger partial charge in [-0.25, -0.2) is 0 Å². The number of anilines is 1. The van der Waals surface area contributed by atoms with E-state index in [9.17, 15) is 5.11 Å². The normalized spacial score (nSPS) is 18.9. The first-order valence-electron chi connectivity index (χ1n) is 6.89. The van der Waals surface area contributed by atoms with Gasteiger partial charge in [-0.3, -0.25) is 10.4 Å². The van der Waals surface area contributed by atoms with Crippen LogP contribution < -0.4 is 10.6 Å². The monoisotopic (exact) mass is 286 g/mol. The Morgan fingerprint density at radius 3 is 3.05 bits per heavy atom. The highest BCUT2D eigenvalue weighted by atomic mass is 16.5. The lowest BCUT2D eigenvalue weighted by atomic mass is 10.0. The number of ether oxygens (including phenoxy) is 1. The summed E-state index contributed by atoms with van der Waals surface area (Å²) in [5.41, 5.74) is 8.02. The maximum atomic E-state index is 9.60. The number of aliphatic hydroxyl groups is 1. The summed E-state index contributed by atoms with van der Waals surface area (Å²) in [5, 5.41) is 18.3. The van der Waals surface area contributed by atoms with Crippen LogP contribution in [0.4, 0.5) is 5.69 Å². The quantitative estimate of drug-likeness (QED) is 0.570. The molecule has 6 heteroatoms. The first-order chi connectivity index (χ1) is 10.2. The molecule has 1 aromatic carbocycles. The van der Waals surface area contributed by atoms with Crippen LogP contribution in [-0.4, -0.2) is 48.3 Å². The van der Waals surface area contributed by atoms with Crippen LogP contribution in [0.2, 0.25) is 0 Å². The second kappa shape index (κ2) is 5.67. The summed E-state index contributed by atoms with van der Waals surface area (Å²) < 4.78 is 5.43. The molecule has 1 saturated heterocycles. The number of nitrogens with one attached hydrogen (secondary N) is 1. The van der Waals surface area contributed by atoms with Crippen LogP contribution in [0.1, 0.15) is 5.56 Å². The summed E-state index contributed by atoms with van der Waals surface area (Å²) in [4.78, 5) is 6.44. The van der Waals surface area contributed by atoms with Gasteiger partial charge in [0.1, 0.15) is 5.84 Å². The zero-order valence-electron chi connectivity index (χ0n) is 11.6. The Kier molecular flexibility index (Phi) is 3.72. The van der Waals surface area contributed by atoms with E-state index in [1.807, 2.05) is 24.3 Å². The predicted molar refractivity (Wildman–Crippen MR) is 81.8 cm³/mol. The fourth-order valence-electron chi connectivity index (χ4n) is 2.73. The molecule has 0 bridgehead atoms.